The van der Waals surface area contributed by atoms with Crippen LogP contribution in [0.5, 0.6) is 0 Å². The lowest BCUT2D eigenvalue weighted by molar-refractivity contribution is 0.0953. The third-order valence-corrected chi connectivity index (χ3v) is 3.24. The number of thiophene rings is 1. The van der Waals surface area contributed by atoms with Gasteiger partial charge in [0.1, 0.15) is 5.56 Å². The molecule has 0 aliphatic carbocycles. The summed E-state index contributed by atoms with van der Waals surface area (Å²) < 4.78 is 0. The molecule has 0 radical (unpaired) electrons. The molecule has 0 bridgehead atoms. The molecule has 0 aromatic carbocycles. The summed E-state index contributed by atoms with van der Waals surface area (Å²) >= 11 is 1.65. The molecule has 0 aliphatic rings. The molecular formula is C12H12N2O2S. The molecule has 2 aromatic rings. The molecule has 2 heterocycles. The minimum absolute atomic E-state index is 0.152. The third-order valence-electron chi connectivity index (χ3n) is 2.31. The van der Waals surface area contributed by atoms with Crippen LogP contribution < -0.4 is 10.7 Å². The van der Waals surface area contributed by atoms with Crippen molar-refractivity contribution in [1.29, 1.82) is 0 Å². The van der Waals surface area contributed by atoms with E-state index in [0.29, 0.717) is 6.54 Å². The van der Waals surface area contributed by atoms with E-state index in [1.54, 1.807) is 11.3 Å². The van der Waals surface area contributed by atoms with Gasteiger partial charge in [-0.3, -0.25) is 9.59 Å². The van der Waals surface area contributed by atoms with Crippen LogP contribution in [0.2, 0.25) is 0 Å². The molecule has 2 rings (SSSR count). The first-order chi connectivity index (χ1) is 8.27. The van der Waals surface area contributed by atoms with E-state index in [1.807, 2.05) is 17.5 Å². The summed E-state index contributed by atoms with van der Waals surface area (Å²) in [5, 5.41) is 4.72. The number of rotatable bonds is 4. The Bertz CT molecular complexity index is 546. The Morgan fingerprint density at radius 2 is 2.29 bits per heavy atom. The van der Waals surface area contributed by atoms with Crippen molar-refractivity contribution in [2.24, 2.45) is 0 Å². The van der Waals surface area contributed by atoms with Crippen molar-refractivity contribution in [2.45, 2.75) is 6.42 Å². The second-order valence-electron chi connectivity index (χ2n) is 3.51. The predicted molar refractivity (Wildman–Crippen MR) is 67.4 cm³/mol. The molecule has 88 valence electrons. The van der Waals surface area contributed by atoms with Crippen LogP contribution in [0, 0.1) is 0 Å². The van der Waals surface area contributed by atoms with Crippen LogP contribution in [-0.2, 0) is 6.42 Å². The van der Waals surface area contributed by atoms with Crippen LogP contribution in [0.1, 0.15) is 15.2 Å². The fourth-order valence-electron chi connectivity index (χ4n) is 1.44. The van der Waals surface area contributed by atoms with Gasteiger partial charge in [0, 0.05) is 29.9 Å². The zero-order valence-corrected chi connectivity index (χ0v) is 9.92. The van der Waals surface area contributed by atoms with E-state index >= 15 is 0 Å². The first-order valence-electron chi connectivity index (χ1n) is 5.25. The van der Waals surface area contributed by atoms with Crippen LogP contribution in [-0.4, -0.2) is 17.4 Å². The molecule has 5 heteroatoms. The van der Waals surface area contributed by atoms with Gasteiger partial charge in [-0.1, -0.05) is 6.07 Å². The van der Waals surface area contributed by atoms with Crippen LogP contribution >= 0.6 is 11.3 Å². The lowest BCUT2D eigenvalue weighted by atomic mass is 10.2. The standard InChI is InChI=1S/C12H12N2O2S/c15-11-4-5-13-8-10(11)12(16)14-6-3-9-2-1-7-17-9/h1-2,4-5,7-8H,3,6H2,(H,13,15)(H,14,16). The second-order valence-corrected chi connectivity index (χ2v) is 4.54. The Morgan fingerprint density at radius 1 is 1.41 bits per heavy atom. The SMILES string of the molecule is O=C(NCCc1cccs1)c1c[nH]ccc1=O. The van der Waals surface area contributed by atoms with Crippen molar-refractivity contribution in [1.82, 2.24) is 10.3 Å². The van der Waals surface area contributed by atoms with Gasteiger partial charge in [0.25, 0.3) is 5.91 Å². The highest BCUT2D eigenvalue weighted by atomic mass is 32.1. The zero-order chi connectivity index (χ0) is 12.1. The number of amides is 1. The molecule has 0 spiro atoms. The van der Waals surface area contributed by atoms with Crippen LogP contribution in [0.15, 0.2) is 40.8 Å². The number of pyridine rings is 1. The van der Waals surface area contributed by atoms with Gasteiger partial charge in [0.2, 0.25) is 0 Å². The van der Waals surface area contributed by atoms with Crippen LogP contribution in [0.25, 0.3) is 0 Å². The second kappa shape index (κ2) is 5.45. The van der Waals surface area contributed by atoms with E-state index in [2.05, 4.69) is 10.3 Å². The smallest absolute Gasteiger partial charge is 0.256 e. The summed E-state index contributed by atoms with van der Waals surface area (Å²) in [6, 6.07) is 5.34. The van der Waals surface area contributed by atoms with Gasteiger partial charge < -0.3 is 10.3 Å². The average Bonchev–Trinajstić information content (AvgIpc) is 2.82. The van der Waals surface area contributed by atoms with Gasteiger partial charge in [0.05, 0.1) is 0 Å². The van der Waals surface area contributed by atoms with E-state index in [1.165, 1.54) is 23.3 Å². The first-order valence-corrected chi connectivity index (χ1v) is 6.13. The summed E-state index contributed by atoms with van der Waals surface area (Å²) in [4.78, 5) is 27.0. The molecule has 2 N–H and O–H groups in total. The first kappa shape index (κ1) is 11.6. The van der Waals surface area contributed by atoms with Crippen LogP contribution in [0.3, 0.4) is 0 Å². The molecule has 2 aromatic heterocycles. The highest BCUT2D eigenvalue weighted by molar-refractivity contribution is 7.09. The summed E-state index contributed by atoms with van der Waals surface area (Å²) in [5.74, 6) is -0.330. The number of hydrogen-bond acceptors (Lipinski definition) is 3. The third kappa shape index (κ3) is 3.04. The Kier molecular flexibility index (Phi) is 3.72. The maximum absolute atomic E-state index is 11.7. The number of aromatic amines is 1. The zero-order valence-electron chi connectivity index (χ0n) is 9.10. The molecule has 0 aliphatic heterocycles. The maximum atomic E-state index is 11.7. The van der Waals surface area contributed by atoms with Gasteiger partial charge >= 0.3 is 0 Å². The molecule has 1 amide bonds. The van der Waals surface area contributed by atoms with E-state index < -0.39 is 0 Å². The topological polar surface area (TPSA) is 62.0 Å². The maximum Gasteiger partial charge on any atom is 0.256 e. The van der Waals surface area contributed by atoms with Gasteiger partial charge in [-0.15, -0.1) is 11.3 Å². The van der Waals surface area contributed by atoms with Gasteiger partial charge in [-0.25, -0.2) is 0 Å². The normalized spacial score (nSPS) is 10.1. The molecule has 0 saturated carbocycles. The molecule has 0 saturated heterocycles. The number of H-pyrrole nitrogens is 1. The van der Waals surface area contributed by atoms with Crippen LogP contribution in [0.4, 0.5) is 0 Å². The highest BCUT2D eigenvalue weighted by Gasteiger charge is 2.08. The average molecular weight is 248 g/mol. The molecule has 0 atom stereocenters. The summed E-state index contributed by atoms with van der Waals surface area (Å²) in [6.07, 6.45) is 3.71. The molecule has 0 fully saturated rings. The lowest BCUT2D eigenvalue weighted by Gasteiger charge is -2.03. The van der Waals surface area contributed by atoms with E-state index in [-0.39, 0.29) is 16.9 Å². The Balaban J connectivity index is 1.90. The van der Waals surface area contributed by atoms with Crippen molar-refractivity contribution in [3.8, 4) is 0 Å². The number of carbonyl (C=O) groups excluding carboxylic acids is 1. The number of hydrogen-bond donors (Lipinski definition) is 2. The van der Waals surface area contributed by atoms with Crippen molar-refractivity contribution in [3.05, 3.63) is 56.6 Å². The van der Waals surface area contributed by atoms with Crippen molar-refractivity contribution in [3.63, 3.8) is 0 Å². The number of nitrogens with one attached hydrogen (secondary N) is 2. The summed E-state index contributed by atoms with van der Waals surface area (Å²) in [7, 11) is 0. The highest BCUT2D eigenvalue weighted by Crippen LogP contribution is 2.08. The fourth-order valence-corrected chi connectivity index (χ4v) is 2.15. The molecule has 17 heavy (non-hydrogen) atoms. The van der Waals surface area contributed by atoms with Crippen molar-refractivity contribution >= 4 is 17.2 Å². The van der Waals surface area contributed by atoms with Gasteiger partial charge in [-0.05, 0) is 17.9 Å². The van der Waals surface area contributed by atoms with E-state index in [9.17, 15) is 9.59 Å². The lowest BCUT2D eigenvalue weighted by Crippen LogP contribution is -2.29. The van der Waals surface area contributed by atoms with Gasteiger partial charge in [-0.2, -0.15) is 0 Å². The Hall–Kier alpha value is -1.88. The van der Waals surface area contributed by atoms with E-state index in [4.69, 9.17) is 0 Å². The molecule has 4 nitrogen and oxygen atoms in total. The van der Waals surface area contributed by atoms with E-state index in [0.717, 1.165) is 6.42 Å². The van der Waals surface area contributed by atoms with Crippen molar-refractivity contribution in [2.75, 3.05) is 6.54 Å². The summed E-state index contributed by atoms with van der Waals surface area (Å²) in [6.45, 7) is 0.535. The summed E-state index contributed by atoms with van der Waals surface area (Å²) in [5.41, 5.74) is -0.115. The molecule has 0 unspecified atom stereocenters. The number of aromatic nitrogens is 1. The molecular weight excluding hydrogens is 236 g/mol. The monoisotopic (exact) mass is 248 g/mol. The van der Waals surface area contributed by atoms with Gasteiger partial charge in [0.15, 0.2) is 5.43 Å². The Labute approximate surface area is 102 Å². The number of carbonyl (C=O) groups is 1. The predicted octanol–water partition coefficient (Wildman–Crippen LogP) is 1.41. The minimum Gasteiger partial charge on any atom is -0.367 e. The van der Waals surface area contributed by atoms with Crippen molar-refractivity contribution < 1.29 is 4.79 Å². The Morgan fingerprint density at radius 3 is 3.00 bits per heavy atom. The largest absolute Gasteiger partial charge is 0.367 e. The fraction of sp³-hybridized carbons (Fsp3) is 0.167. The quantitative estimate of drug-likeness (QED) is 0.859. The minimum atomic E-state index is -0.330.